The zero-order valence-electron chi connectivity index (χ0n) is 12.0. The second kappa shape index (κ2) is 5.53. The molecule has 0 N–H and O–H groups in total. The Morgan fingerprint density at radius 3 is 2.60 bits per heavy atom. The van der Waals surface area contributed by atoms with Crippen molar-refractivity contribution in [3.63, 3.8) is 0 Å². The lowest BCUT2D eigenvalue weighted by Crippen LogP contribution is -2.03. The first kappa shape index (κ1) is 13.6. The standard InChI is InChI=1S/C17H19ClN2/c1-11-8-9-13(12(2)10-11)17-19-15-7-5-3-4-6-14(15)16(18)20-17/h8-10H,3-7H2,1-2H3. The second-order valence-corrected chi connectivity index (χ2v) is 6.00. The van der Waals surface area contributed by atoms with Gasteiger partial charge < -0.3 is 0 Å². The molecule has 2 nitrogen and oxygen atoms in total. The van der Waals surface area contributed by atoms with Crippen LogP contribution in [0.3, 0.4) is 0 Å². The molecule has 0 saturated carbocycles. The Labute approximate surface area is 125 Å². The van der Waals surface area contributed by atoms with E-state index in [0.29, 0.717) is 5.15 Å². The summed E-state index contributed by atoms with van der Waals surface area (Å²) < 4.78 is 0. The van der Waals surface area contributed by atoms with Crippen molar-refractivity contribution in [2.75, 3.05) is 0 Å². The summed E-state index contributed by atoms with van der Waals surface area (Å²) in [6.07, 6.45) is 5.69. The zero-order chi connectivity index (χ0) is 14.1. The number of nitrogens with zero attached hydrogens (tertiary/aromatic N) is 2. The summed E-state index contributed by atoms with van der Waals surface area (Å²) in [5.41, 5.74) is 5.86. The van der Waals surface area contributed by atoms with Gasteiger partial charge in [0, 0.05) is 16.8 Å². The van der Waals surface area contributed by atoms with E-state index in [2.05, 4.69) is 37.0 Å². The molecule has 1 aromatic carbocycles. The van der Waals surface area contributed by atoms with Crippen molar-refractivity contribution in [1.82, 2.24) is 9.97 Å². The molecular weight excluding hydrogens is 268 g/mol. The van der Waals surface area contributed by atoms with Gasteiger partial charge in [-0.2, -0.15) is 0 Å². The van der Waals surface area contributed by atoms with Gasteiger partial charge in [0.05, 0.1) is 0 Å². The third-order valence-electron chi connectivity index (χ3n) is 4.01. The largest absolute Gasteiger partial charge is 0.233 e. The molecule has 2 aromatic rings. The van der Waals surface area contributed by atoms with Crippen LogP contribution in [0.4, 0.5) is 0 Å². The smallest absolute Gasteiger partial charge is 0.161 e. The summed E-state index contributed by atoms with van der Waals surface area (Å²) in [7, 11) is 0. The van der Waals surface area contributed by atoms with Gasteiger partial charge in [0.25, 0.3) is 0 Å². The molecule has 1 aromatic heterocycles. The molecule has 3 heteroatoms. The van der Waals surface area contributed by atoms with E-state index >= 15 is 0 Å². The van der Waals surface area contributed by atoms with E-state index in [4.69, 9.17) is 16.6 Å². The third kappa shape index (κ3) is 2.57. The lowest BCUT2D eigenvalue weighted by atomic mass is 10.0. The number of benzene rings is 1. The minimum Gasteiger partial charge on any atom is -0.233 e. The highest BCUT2D eigenvalue weighted by molar-refractivity contribution is 6.30. The Morgan fingerprint density at radius 2 is 1.80 bits per heavy atom. The highest BCUT2D eigenvalue weighted by Gasteiger charge is 2.17. The molecule has 0 amide bonds. The molecule has 1 heterocycles. The number of aryl methyl sites for hydroxylation is 3. The fourth-order valence-electron chi connectivity index (χ4n) is 2.91. The van der Waals surface area contributed by atoms with E-state index in [0.717, 1.165) is 35.5 Å². The number of halogens is 1. The van der Waals surface area contributed by atoms with Gasteiger partial charge in [0.1, 0.15) is 5.15 Å². The predicted molar refractivity (Wildman–Crippen MR) is 83.2 cm³/mol. The Balaban J connectivity index is 2.11. The molecule has 0 fully saturated rings. The lowest BCUT2D eigenvalue weighted by molar-refractivity contribution is 0.709. The maximum Gasteiger partial charge on any atom is 0.161 e. The van der Waals surface area contributed by atoms with E-state index in [9.17, 15) is 0 Å². The van der Waals surface area contributed by atoms with Crippen LogP contribution in [0.15, 0.2) is 18.2 Å². The van der Waals surface area contributed by atoms with E-state index in [-0.39, 0.29) is 0 Å². The molecule has 3 rings (SSSR count). The van der Waals surface area contributed by atoms with Crippen LogP contribution in [0.25, 0.3) is 11.4 Å². The van der Waals surface area contributed by atoms with Crippen LogP contribution in [0.2, 0.25) is 5.15 Å². The molecule has 0 saturated heterocycles. The molecule has 104 valence electrons. The number of fused-ring (bicyclic) bond motifs is 1. The fraction of sp³-hybridized carbons (Fsp3) is 0.412. The summed E-state index contributed by atoms with van der Waals surface area (Å²) in [4.78, 5) is 9.34. The zero-order valence-corrected chi connectivity index (χ0v) is 12.8. The van der Waals surface area contributed by atoms with Gasteiger partial charge >= 0.3 is 0 Å². The summed E-state index contributed by atoms with van der Waals surface area (Å²) in [6.45, 7) is 4.20. The molecule has 0 bridgehead atoms. The van der Waals surface area contributed by atoms with Crippen molar-refractivity contribution in [1.29, 1.82) is 0 Å². The minimum atomic E-state index is 0.645. The number of hydrogen-bond acceptors (Lipinski definition) is 2. The highest BCUT2D eigenvalue weighted by atomic mass is 35.5. The van der Waals surface area contributed by atoms with Crippen LogP contribution in [-0.4, -0.2) is 9.97 Å². The average molecular weight is 287 g/mol. The molecule has 1 aliphatic rings. The average Bonchev–Trinajstić information content (AvgIpc) is 2.64. The normalized spacial score (nSPS) is 14.8. The first-order valence-electron chi connectivity index (χ1n) is 7.28. The van der Waals surface area contributed by atoms with Crippen LogP contribution in [0.1, 0.15) is 41.6 Å². The number of rotatable bonds is 1. The molecular formula is C17H19ClN2. The topological polar surface area (TPSA) is 25.8 Å². The minimum absolute atomic E-state index is 0.645. The van der Waals surface area contributed by atoms with Crippen molar-refractivity contribution in [3.05, 3.63) is 45.7 Å². The molecule has 0 atom stereocenters. The van der Waals surface area contributed by atoms with Crippen molar-refractivity contribution in [3.8, 4) is 11.4 Å². The molecule has 0 unspecified atom stereocenters. The monoisotopic (exact) mass is 286 g/mol. The Bertz CT molecular complexity index is 650. The SMILES string of the molecule is Cc1ccc(-c2nc(Cl)c3c(n2)CCCCC3)c(C)c1. The Morgan fingerprint density at radius 1 is 1.00 bits per heavy atom. The van der Waals surface area contributed by atoms with E-state index < -0.39 is 0 Å². The summed E-state index contributed by atoms with van der Waals surface area (Å²) in [5.74, 6) is 0.771. The first-order valence-corrected chi connectivity index (χ1v) is 7.66. The quantitative estimate of drug-likeness (QED) is 0.562. The van der Waals surface area contributed by atoms with E-state index in [1.165, 1.54) is 30.4 Å². The van der Waals surface area contributed by atoms with Gasteiger partial charge in [-0.3, -0.25) is 0 Å². The van der Waals surface area contributed by atoms with Crippen LogP contribution in [0, 0.1) is 13.8 Å². The molecule has 0 spiro atoms. The molecule has 0 aliphatic heterocycles. The van der Waals surface area contributed by atoms with Crippen molar-refractivity contribution in [2.24, 2.45) is 0 Å². The lowest BCUT2D eigenvalue weighted by Gasteiger charge is -2.11. The van der Waals surface area contributed by atoms with Crippen molar-refractivity contribution >= 4 is 11.6 Å². The third-order valence-corrected chi connectivity index (χ3v) is 4.32. The fourth-order valence-corrected chi connectivity index (χ4v) is 3.19. The van der Waals surface area contributed by atoms with Crippen molar-refractivity contribution in [2.45, 2.75) is 46.0 Å². The van der Waals surface area contributed by atoms with Crippen molar-refractivity contribution < 1.29 is 0 Å². The molecule has 20 heavy (non-hydrogen) atoms. The van der Waals surface area contributed by atoms with Crippen LogP contribution < -0.4 is 0 Å². The number of aromatic nitrogens is 2. The van der Waals surface area contributed by atoms with E-state index in [1.54, 1.807) is 0 Å². The summed E-state index contributed by atoms with van der Waals surface area (Å²) in [6, 6.07) is 6.36. The maximum absolute atomic E-state index is 6.40. The summed E-state index contributed by atoms with van der Waals surface area (Å²) >= 11 is 6.40. The van der Waals surface area contributed by atoms with Crippen LogP contribution >= 0.6 is 11.6 Å². The van der Waals surface area contributed by atoms with Gasteiger partial charge in [-0.1, -0.05) is 41.8 Å². The second-order valence-electron chi connectivity index (χ2n) is 5.64. The molecule has 1 aliphatic carbocycles. The van der Waals surface area contributed by atoms with Gasteiger partial charge in [0.15, 0.2) is 5.82 Å². The summed E-state index contributed by atoms with van der Waals surface area (Å²) in [5, 5.41) is 0.645. The van der Waals surface area contributed by atoms with Gasteiger partial charge in [-0.05, 0) is 45.1 Å². The van der Waals surface area contributed by atoms with Gasteiger partial charge in [-0.15, -0.1) is 0 Å². The Kier molecular flexibility index (Phi) is 3.75. The highest BCUT2D eigenvalue weighted by Crippen LogP contribution is 2.29. The van der Waals surface area contributed by atoms with Gasteiger partial charge in [-0.25, -0.2) is 9.97 Å². The molecule has 0 radical (unpaired) electrons. The van der Waals surface area contributed by atoms with E-state index in [1.807, 2.05) is 0 Å². The van der Waals surface area contributed by atoms with Crippen LogP contribution in [-0.2, 0) is 12.8 Å². The van der Waals surface area contributed by atoms with Crippen LogP contribution in [0.5, 0.6) is 0 Å². The van der Waals surface area contributed by atoms with Gasteiger partial charge in [0.2, 0.25) is 0 Å². The number of hydrogen-bond donors (Lipinski definition) is 0. The maximum atomic E-state index is 6.40. The predicted octanol–water partition coefficient (Wildman–Crippen LogP) is 4.68. The Hall–Kier alpha value is -1.41. The first-order chi connectivity index (χ1) is 9.65.